The number of carbonyl (C=O) groups excluding carboxylic acids is 2. The Morgan fingerprint density at radius 3 is 1.95 bits per heavy atom. The second-order valence-corrected chi connectivity index (χ2v) is 5.12. The number of anilines is 1. The summed E-state index contributed by atoms with van der Waals surface area (Å²) in [7, 11) is 0. The van der Waals surface area contributed by atoms with E-state index in [1.807, 2.05) is 0 Å². The van der Waals surface area contributed by atoms with Crippen molar-refractivity contribution in [2.75, 3.05) is 5.32 Å². The molecule has 5 heteroatoms. The molecule has 3 nitrogen and oxygen atoms in total. The van der Waals surface area contributed by atoms with Gasteiger partial charge < -0.3 is 5.32 Å². The quantitative estimate of drug-likeness (QED) is 0.865. The highest BCUT2D eigenvalue weighted by atomic mass is 35.5. The molecule has 0 radical (unpaired) electrons. The Morgan fingerprint density at radius 2 is 1.45 bits per heavy atom. The largest absolute Gasteiger partial charge is 0.326 e. The van der Waals surface area contributed by atoms with E-state index in [9.17, 15) is 9.59 Å². The molecule has 0 spiro atoms. The molecule has 2 aromatic carbocycles. The third-order valence-electron chi connectivity index (χ3n) is 2.59. The van der Waals surface area contributed by atoms with Crippen molar-refractivity contribution < 1.29 is 9.59 Å². The Kier molecular flexibility index (Phi) is 4.42. The lowest BCUT2D eigenvalue weighted by atomic mass is 10.0. The summed E-state index contributed by atoms with van der Waals surface area (Å²) in [6.07, 6.45) is 0. The van der Waals surface area contributed by atoms with Gasteiger partial charge in [0.25, 0.3) is 0 Å². The van der Waals surface area contributed by atoms with Gasteiger partial charge in [-0.05, 0) is 42.5 Å². The van der Waals surface area contributed by atoms with Crippen molar-refractivity contribution in [2.24, 2.45) is 0 Å². The summed E-state index contributed by atoms with van der Waals surface area (Å²) in [4.78, 5) is 23.2. The van der Waals surface area contributed by atoms with Crippen LogP contribution in [0.15, 0.2) is 42.5 Å². The zero-order chi connectivity index (χ0) is 14.7. The van der Waals surface area contributed by atoms with Gasteiger partial charge in [-0.3, -0.25) is 9.59 Å². The molecule has 0 fully saturated rings. The van der Waals surface area contributed by atoms with E-state index in [2.05, 4.69) is 5.32 Å². The third kappa shape index (κ3) is 3.59. The molecule has 0 atom stereocenters. The van der Waals surface area contributed by atoms with E-state index >= 15 is 0 Å². The van der Waals surface area contributed by atoms with Crippen LogP contribution in [0.4, 0.5) is 5.69 Å². The molecule has 0 saturated carbocycles. The number of benzene rings is 2. The number of carbonyl (C=O) groups is 2. The molecule has 0 aliphatic heterocycles. The minimum absolute atomic E-state index is 0.161. The minimum atomic E-state index is -0.177. The predicted octanol–water partition coefficient (Wildman–Crippen LogP) is 4.18. The van der Waals surface area contributed by atoms with Crippen LogP contribution in [0.3, 0.4) is 0 Å². The van der Waals surface area contributed by atoms with Crippen molar-refractivity contribution in [2.45, 2.75) is 6.92 Å². The van der Waals surface area contributed by atoms with Crippen molar-refractivity contribution in [1.82, 2.24) is 0 Å². The van der Waals surface area contributed by atoms with Gasteiger partial charge in [0, 0.05) is 33.8 Å². The van der Waals surface area contributed by atoms with Crippen LogP contribution in [-0.4, -0.2) is 11.7 Å². The number of rotatable bonds is 3. The van der Waals surface area contributed by atoms with E-state index in [1.165, 1.54) is 6.92 Å². The van der Waals surface area contributed by atoms with Gasteiger partial charge >= 0.3 is 0 Å². The topological polar surface area (TPSA) is 46.2 Å². The van der Waals surface area contributed by atoms with Crippen LogP contribution in [0.2, 0.25) is 10.0 Å². The first-order valence-electron chi connectivity index (χ1n) is 5.84. The van der Waals surface area contributed by atoms with Crippen LogP contribution in [-0.2, 0) is 4.79 Å². The van der Waals surface area contributed by atoms with Gasteiger partial charge in [-0.25, -0.2) is 0 Å². The van der Waals surface area contributed by atoms with Crippen molar-refractivity contribution in [3.05, 3.63) is 63.6 Å². The summed E-state index contributed by atoms with van der Waals surface area (Å²) >= 11 is 11.8. The van der Waals surface area contributed by atoms with Crippen LogP contribution in [0.5, 0.6) is 0 Å². The molecule has 0 heterocycles. The molecule has 0 aromatic heterocycles. The van der Waals surface area contributed by atoms with E-state index in [4.69, 9.17) is 23.2 Å². The second-order valence-electron chi connectivity index (χ2n) is 4.25. The van der Waals surface area contributed by atoms with E-state index < -0.39 is 0 Å². The van der Waals surface area contributed by atoms with Crippen molar-refractivity contribution in [3.8, 4) is 0 Å². The molecular formula is C15H11Cl2NO2. The molecule has 0 unspecified atom stereocenters. The summed E-state index contributed by atoms with van der Waals surface area (Å²) < 4.78 is 0. The first-order valence-corrected chi connectivity index (χ1v) is 6.60. The van der Waals surface area contributed by atoms with E-state index in [0.29, 0.717) is 26.9 Å². The van der Waals surface area contributed by atoms with Gasteiger partial charge in [-0.2, -0.15) is 0 Å². The zero-order valence-corrected chi connectivity index (χ0v) is 12.1. The molecular weight excluding hydrogens is 297 g/mol. The molecule has 1 N–H and O–H groups in total. The maximum absolute atomic E-state index is 12.3. The molecule has 0 saturated heterocycles. The average molecular weight is 308 g/mol. The van der Waals surface area contributed by atoms with Crippen molar-refractivity contribution >= 4 is 40.6 Å². The lowest BCUT2D eigenvalue weighted by Gasteiger charge is -2.05. The molecule has 102 valence electrons. The summed E-state index contributed by atoms with van der Waals surface area (Å²) in [6.45, 7) is 1.42. The predicted molar refractivity (Wildman–Crippen MR) is 80.6 cm³/mol. The molecule has 2 aromatic rings. The van der Waals surface area contributed by atoms with Crippen LogP contribution in [0.25, 0.3) is 0 Å². The van der Waals surface area contributed by atoms with Crippen molar-refractivity contribution in [1.29, 1.82) is 0 Å². The Hall–Kier alpha value is -1.84. The number of amides is 1. The van der Waals surface area contributed by atoms with Crippen LogP contribution in [0.1, 0.15) is 22.8 Å². The maximum atomic E-state index is 12.3. The molecule has 0 aliphatic carbocycles. The summed E-state index contributed by atoms with van der Waals surface area (Å²) in [6, 6.07) is 11.3. The monoisotopic (exact) mass is 307 g/mol. The smallest absolute Gasteiger partial charge is 0.221 e. The van der Waals surface area contributed by atoms with Gasteiger partial charge in [-0.15, -0.1) is 0 Å². The molecule has 1 amide bonds. The fraction of sp³-hybridized carbons (Fsp3) is 0.0667. The van der Waals surface area contributed by atoms with Crippen LogP contribution in [0, 0.1) is 0 Å². The number of ketones is 1. The number of hydrogen-bond donors (Lipinski definition) is 1. The van der Waals surface area contributed by atoms with Gasteiger partial charge in [0.1, 0.15) is 0 Å². The lowest BCUT2D eigenvalue weighted by molar-refractivity contribution is -0.114. The Bertz CT molecular complexity index is 646. The number of halogens is 2. The van der Waals surface area contributed by atoms with Crippen LogP contribution < -0.4 is 5.32 Å². The SMILES string of the molecule is CC(=O)Nc1ccc(C(=O)c2cc(Cl)cc(Cl)c2)cc1. The van der Waals surface area contributed by atoms with Crippen LogP contribution >= 0.6 is 23.2 Å². The first kappa shape index (κ1) is 14.6. The molecule has 2 rings (SSSR count). The zero-order valence-electron chi connectivity index (χ0n) is 10.6. The van der Waals surface area contributed by atoms with Crippen molar-refractivity contribution in [3.63, 3.8) is 0 Å². The fourth-order valence-electron chi connectivity index (χ4n) is 1.76. The molecule has 20 heavy (non-hydrogen) atoms. The normalized spacial score (nSPS) is 10.2. The summed E-state index contributed by atoms with van der Waals surface area (Å²) in [5.41, 5.74) is 1.56. The lowest BCUT2D eigenvalue weighted by Crippen LogP contribution is -2.06. The maximum Gasteiger partial charge on any atom is 0.221 e. The highest BCUT2D eigenvalue weighted by Crippen LogP contribution is 2.21. The average Bonchev–Trinajstić information content (AvgIpc) is 2.37. The van der Waals surface area contributed by atoms with E-state index in [1.54, 1.807) is 42.5 Å². The molecule has 0 bridgehead atoms. The first-order chi connectivity index (χ1) is 9.45. The highest BCUT2D eigenvalue weighted by Gasteiger charge is 2.11. The Morgan fingerprint density at radius 1 is 0.900 bits per heavy atom. The number of hydrogen-bond acceptors (Lipinski definition) is 2. The Labute approximate surface area is 126 Å². The van der Waals surface area contributed by atoms with Gasteiger partial charge in [-0.1, -0.05) is 23.2 Å². The minimum Gasteiger partial charge on any atom is -0.326 e. The second kappa shape index (κ2) is 6.07. The van der Waals surface area contributed by atoms with E-state index in [0.717, 1.165) is 0 Å². The molecule has 0 aliphatic rings. The fourth-order valence-corrected chi connectivity index (χ4v) is 2.29. The number of nitrogens with one attached hydrogen (secondary N) is 1. The van der Waals surface area contributed by atoms with Gasteiger partial charge in [0.15, 0.2) is 5.78 Å². The summed E-state index contributed by atoms with van der Waals surface area (Å²) in [5, 5.41) is 3.46. The standard InChI is InChI=1S/C15H11Cl2NO2/c1-9(19)18-14-4-2-10(3-5-14)15(20)11-6-12(16)8-13(17)7-11/h2-8H,1H3,(H,18,19). The van der Waals surface area contributed by atoms with E-state index in [-0.39, 0.29) is 11.7 Å². The highest BCUT2D eigenvalue weighted by molar-refractivity contribution is 6.35. The van der Waals surface area contributed by atoms with Gasteiger partial charge in [0.2, 0.25) is 5.91 Å². The summed E-state index contributed by atoms with van der Waals surface area (Å²) in [5.74, 6) is -0.338. The Balaban J connectivity index is 2.26. The third-order valence-corrected chi connectivity index (χ3v) is 3.03. The van der Waals surface area contributed by atoms with Gasteiger partial charge in [0.05, 0.1) is 0 Å².